The molecule has 5 atom stereocenters. The molecule has 29 heteroatoms. The van der Waals surface area contributed by atoms with Crippen LogP contribution in [0.3, 0.4) is 0 Å². The van der Waals surface area contributed by atoms with Gasteiger partial charge >= 0.3 is 0 Å². The Kier molecular flexibility index (Phi) is 26.3. The van der Waals surface area contributed by atoms with Crippen molar-refractivity contribution in [3.8, 4) is 16.3 Å². The molecule has 26 nitrogen and oxygen atoms in total. The van der Waals surface area contributed by atoms with Gasteiger partial charge in [-0.25, -0.2) is 18.1 Å². The number of amides is 5. The van der Waals surface area contributed by atoms with E-state index in [0.29, 0.717) is 106 Å². The summed E-state index contributed by atoms with van der Waals surface area (Å²) in [6.45, 7) is 21.9. The van der Waals surface area contributed by atoms with Crippen molar-refractivity contribution in [3.63, 3.8) is 0 Å². The van der Waals surface area contributed by atoms with Crippen LogP contribution in [0, 0.1) is 33.8 Å². The number of ether oxygens (including phenoxy) is 2. The Balaban J connectivity index is 0.576. The maximum atomic E-state index is 14.7. The van der Waals surface area contributed by atoms with E-state index in [1.165, 1.54) is 33.7 Å². The van der Waals surface area contributed by atoms with Gasteiger partial charge in [0, 0.05) is 146 Å². The number of halogens is 1. The van der Waals surface area contributed by atoms with Gasteiger partial charge in [-0.05, 0) is 159 Å². The van der Waals surface area contributed by atoms with Crippen LogP contribution >= 0.6 is 22.9 Å². The Labute approximate surface area is 671 Å². The van der Waals surface area contributed by atoms with E-state index in [2.05, 4.69) is 64.4 Å². The van der Waals surface area contributed by atoms with E-state index in [0.717, 1.165) is 136 Å². The van der Waals surface area contributed by atoms with Crippen molar-refractivity contribution in [1.82, 2.24) is 49.9 Å². The minimum absolute atomic E-state index is 0.00495. The molecule has 1 aliphatic carbocycles. The molecule has 4 aromatic carbocycles. The molecule has 0 radical (unpaired) electrons. The molecule has 4 fully saturated rings. The van der Waals surface area contributed by atoms with Gasteiger partial charge in [0.2, 0.25) is 29.5 Å². The van der Waals surface area contributed by atoms with Gasteiger partial charge in [-0.1, -0.05) is 101 Å². The summed E-state index contributed by atoms with van der Waals surface area (Å²) in [4.78, 5) is 107. The highest BCUT2D eigenvalue weighted by Gasteiger charge is 2.45. The van der Waals surface area contributed by atoms with Gasteiger partial charge in [0.15, 0.2) is 0 Å². The van der Waals surface area contributed by atoms with E-state index in [-0.39, 0.29) is 65.7 Å². The van der Waals surface area contributed by atoms with Gasteiger partial charge in [-0.15, -0.1) is 11.3 Å². The molecule has 4 saturated heterocycles. The number of fused-ring (bicyclic) bond motifs is 2. The summed E-state index contributed by atoms with van der Waals surface area (Å²) in [5, 5.41) is 33.9. The van der Waals surface area contributed by atoms with Gasteiger partial charge in [-0.3, -0.25) is 43.9 Å². The molecular formula is C84H107ClN14O12S2. The third-order valence-corrected chi connectivity index (χ3v) is 25.8. The van der Waals surface area contributed by atoms with Crippen LogP contribution in [-0.4, -0.2) is 206 Å². The zero-order valence-corrected chi connectivity index (χ0v) is 68.0. The Morgan fingerprint density at radius 1 is 0.832 bits per heavy atom. The van der Waals surface area contributed by atoms with Crippen LogP contribution in [0.4, 0.5) is 28.4 Å². The molecule has 6 aliphatic rings. The Hall–Kier alpha value is -9.03. The highest BCUT2D eigenvalue weighted by Crippen LogP contribution is 2.46. The van der Waals surface area contributed by atoms with Crippen molar-refractivity contribution in [1.29, 1.82) is 0 Å². The first-order valence-electron chi connectivity index (χ1n) is 40.0. The molecule has 13 rings (SSSR count). The number of rotatable bonds is 28. The highest BCUT2D eigenvalue weighted by atomic mass is 35.5. The van der Waals surface area contributed by atoms with E-state index >= 15 is 0 Å². The van der Waals surface area contributed by atoms with E-state index in [4.69, 9.17) is 26.1 Å². The molecule has 6 N–H and O–H groups in total. The normalized spacial score (nSPS) is 20.1. The van der Waals surface area contributed by atoms with E-state index in [1.54, 1.807) is 23.6 Å². The second-order valence-electron chi connectivity index (χ2n) is 32.7. The number of pyridine rings is 1. The number of nitrogens with zero attached hydrogens (tertiary/aromatic N) is 9. The van der Waals surface area contributed by atoms with Crippen LogP contribution in [-0.2, 0) is 33.9 Å². The number of β-amino-alcohol motifs (C(OH)–C–C–N with tert-alkyl or cyclic N) is 1. The number of nitro groups is 1. The number of hydrogen-bond donors (Lipinski definition) is 6. The second-order valence-corrected chi connectivity index (χ2v) is 35.7. The molecule has 0 bridgehead atoms. The van der Waals surface area contributed by atoms with Crippen LogP contribution in [0.15, 0.2) is 119 Å². The van der Waals surface area contributed by atoms with Crippen LogP contribution < -0.4 is 35.2 Å². The average molecular weight is 1600 g/mol. The topological polar surface area (TPSA) is 310 Å². The number of likely N-dealkylation sites (tertiary alicyclic amines) is 1. The van der Waals surface area contributed by atoms with Gasteiger partial charge < -0.3 is 55.1 Å². The van der Waals surface area contributed by atoms with Crippen LogP contribution in [0.2, 0.25) is 5.02 Å². The molecule has 5 amide bonds. The van der Waals surface area contributed by atoms with Crippen molar-refractivity contribution in [2.24, 2.45) is 16.7 Å². The molecule has 0 spiro atoms. The SMILES string of the molecule is Cc1ncsc1-c1ccc([C@H](C)NC(=O)[C@@H]2C[C@@H](O)CN2C(=O)[C@@H](NC(=O)CCCCCCCC(=O)N2CCN(C[C@]3(C)CCC(CN4CCN(c5ccc(C(=O)NS(=O)(=O)c6ccc(NCC7CCOCC7)c([N+](=O)[O-])c6)c(N6CCCOc7nc8[nH]ccc8cc76)c5)CC4)=C(c4ccc(Cl)cc4)C3)CC2)C(C)(C)C)cc1. The van der Waals surface area contributed by atoms with E-state index in [9.17, 15) is 47.6 Å². The lowest BCUT2D eigenvalue weighted by molar-refractivity contribution is -0.384. The van der Waals surface area contributed by atoms with Gasteiger partial charge in [0.25, 0.3) is 21.6 Å². The maximum absolute atomic E-state index is 14.7. The number of aryl methyl sites for hydroxylation is 1. The first-order chi connectivity index (χ1) is 54.2. The maximum Gasteiger partial charge on any atom is 0.293 e. The molecule has 3 aromatic heterocycles. The zero-order chi connectivity index (χ0) is 79.7. The third kappa shape index (κ3) is 20.2. The molecule has 113 heavy (non-hydrogen) atoms. The minimum atomic E-state index is -4.63. The fraction of sp³-hybridized carbons (Fsp3) is 0.512. The zero-order valence-electron chi connectivity index (χ0n) is 65.6. The monoisotopic (exact) mass is 1600 g/mol. The van der Waals surface area contributed by atoms with E-state index in [1.807, 2.05) is 111 Å². The molecule has 604 valence electrons. The van der Waals surface area contributed by atoms with Crippen molar-refractivity contribution in [3.05, 3.63) is 152 Å². The molecular weight excluding hydrogens is 1500 g/mol. The number of thiazole rings is 1. The van der Waals surface area contributed by atoms with Crippen LogP contribution in [0.25, 0.3) is 27.0 Å². The summed E-state index contributed by atoms with van der Waals surface area (Å²) in [6.07, 6.45) is 10.7. The lowest BCUT2D eigenvalue weighted by atomic mass is 9.70. The Bertz CT molecular complexity index is 4720. The molecule has 0 saturated carbocycles. The lowest BCUT2D eigenvalue weighted by Gasteiger charge is -2.44. The number of anilines is 4. The summed E-state index contributed by atoms with van der Waals surface area (Å²) in [7, 11) is -4.63. The number of hydrogen-bond acceptors (Lipinski definition) is 20. The van der Waals surface area contributed by atoms with Crippen molar-refractivity contribution >= 4 is 108 Å². The largest absolute Gasteiger partial charge is 0.476 e. The summed E-state index contributed by atoms with van der Waals surface area (Å²) < 4.78 is 42.3. The standard InChI is InChI=1S/C84H107ClN14O12S2/c1-55(58-15-17-60(18-16-58)76-56(2)88-54-112-76)89-80(104)72-47-65(100)52-98(72)82(105)77(83(3,4)5)90-74(101)13-10-8-7-9-11-14-75(102)96-40-36-94(37-41-96)53-84(6)31-27-62(68(49-84)59-19-21-63(85)22-20-59)51-93-34-38-95(39-35-93)64-23-25-67(70(46-64)97-33-12-42-111-81-73(97)45-61-28-32-86-78(61)91-81)79(103)92-113(108,109)66-24-26-69(71(48-66)99(106)107)87-50-57-29-43-110-44-30-57/h15-26,28,32,45-46,48,54-55,57,65,72,77,87,100H,7-14,27,29-31,33-44,47,49-53H2,1-6H3,(H,86,91)(H,89,104)(H,90,101)(H,92,103)/t55-,65+,72-,77+,84+/m0/s1. The number of benzene rings is 4. The number of aromatic nitrogens is 3. The van der Waals surface area contributed by atoms with Gasteiger partial charge in [0.1, 0.15) is 29.1 Å². The van der Waals surface area contributed by atoms with Gasteiger partial charge in [-0.2, -0.15) is 4.98 Å². The fourth-order valence-corrected chi connectivity index (χ4v) is 18.6. The van der Waals surface area contributed by atoms with E-state index < -0.39 is 60.9 Å². The van der Waals surface area contributed by atoms with Crippen molar-refractivity contribution in [2.45, 2.75) is 161 Å². The van der Waals surface area contributed by atoms with Gasteiger partial charge in [0.05, 0.1) is 55.9 Å². The first kappa shape index (κ1) is 82.0. The summed E-state index contributed by atoms with van der Waals surface area (Å²) in [5.41, 5.74) is 10.4. The third-order valence-electron chi connectivity index (χ3n) is 23.3. The molecule has 5 aliphatic heterocycles. The number of piperazine rings is 2. The summed E-state index contributed by atoms with van der Waals surface area (Å²) in [5.74, 6) is -1.11. The predicted molar refractivity (Wildman–Crippen MR) is 440 cm³/mol. The number of aromatic amines is 1. The fourth-order valence-electron chi connectivity index (χ4n) is 16.7. The average Bonchev–Trinajstić information content (AvgIpc) is 1.73. The number of H-pyrrole nitrogens is 1. The number of aliphatic hydroxyl groups is 1. The number of aliphatic hydroxyl groups excluding tert-OH is 1. The number of allylic oxidation sites excluding steroid dienone is 1. The minimum Gasteiger partial charge on any atom is -0.476 e. The predicted octanol–water partition coefficient (Wildman–Crippen LogP) is 12.4. The Morgan fingerprint density at radius 3 is 2.27 bits per heavy atom. The quantitative estimate of drug-likeness (QED) is 0.0151. The first-order valence-corrected chi connectivity index (χ1v) is 42.7. The van der Waals surface area contributed by atoms with Crippen LogP contribution in [0.1, 0.15) is 158 Å². The Morgan fingerprint density at radius 2 is 1.55 bits per heavy atom. The summed E-state index contributed by atoms with van der Waals surface area (Å²) >= 11 is 8.09. The number of unbranched alkanes of at least 4 members (excludes halogenated alkanes) is 4. The molecule has 0 unspecified atom stereocenters. The number of sulfonamides is 1. The smallest absolute Gasteiger partial charge is 0.293 e. The summed E-state index contributed by atoms with van der Waals surface area (Å²) in [6, 6.07) is 26.9. The van der Waals surface area contributed by atoms with Crippen LogP contribution in [0.5, 0.6) is 5.88 Å². The molecule has 7 aromatic rings. The van der Waals surface area contributed by atoms with Crippen molar-refractivity contribution < 1.29 is 51.9 Å². The molecule has 8 heterocycles. The van der Waals surface area contributed by atoms with Crippen molar-refractivity contribution in [2.75, 3.05) is 120 Å². The highest BCUT2D eigenvalue weighted by molar-refractivity contribution is 7.90. The lowest BCUT2D eigenvalue weighted by Crippen LogP contribution is -2.57. The second kappa shape index (κ2) is 36.2. The number of nitro benzene ring substituents is 1. The number of carbonyl (C=O) groups excluding carboxylic acids is 5. The number of carbonyl (C=O) groups is 5. The number of nitrogens with one attached hydrogen (secondary N) is 5.